The molecule has 0 amide bonds. The molecule has 5 nitrogen and oxygen atoms in total. The van der Waals surface area contributed by atoms with Gasteiger partial charge in [-0.15, -0.1) is 0 Å². The molecule has 0 fully saturated rings. The number of carboxylic acids is 1. The number of aliphatic carboxylic acids is 1. The lowest BCUT2D eigenvalue weighted by Crippen LogP contribution is -2.12. The Bertz CT molecular complexity index is 393. The van der Waals surface area contributed by atoms with Gasteiger partial charge in [0.1, 0.15) is 5.76 Å². The first kappa shape index (κ1) is 11.3. The Labute approximate surface area is 86.3 Å². The normalized spacial score (nSPS) is 9.93. The second-order valence-corrected chi connectivity index (χ2v) is 2.88. The lowest BCUT2D eigenvalue weighted by Gasteiger charge is -2.06. The van der Waals surface area contributed by atoms with Crippen LogP contribution in [0, 0.1) is 0 Å². The highest BCUT2D eigenvalue weighted by molar-refractivity contribution is 5.66. The van der Waals surface area contributed by atoms with Gasteiger partial charge in [0.05, 0.1) is 19.3 Å². The van der Waals surface area contributed by atoms with Crippen molar-refractivity contribution in [1.82, 2.24) is 0 Å². The van der Waals surface area contributed by atoms with Crippen LogP contribution >= 0.6 is 0 Å². The van der Waals surface area contributed by atoms with Crippen LogP contribution in [0.15, 0.2) is 21.5 Å². The zero-order valence-electron chi connectivity index (χ0n) is 8.36. The molecule has 15 heavy (non-hydrogen) atoms. The number of hydrogen-bond acceptors (Lipinski definition) is 4. The highest BCUT2D eigenvalue weighted by Crippen LogP contribution is 2.13. The fourth-order valence-corrected chi connectivity index (χ4v) is 1.08. The van der Waals surface area contributed by atoms with Crippen LogP contribution in [0.4, 0.5) is 0 Å². The Morgan fingerprint density at radius 1 is 1.60 bits per heavy atom. The van der Waals surface area contributed by atoms with Gasteiger partial charge in [0.2, 0.25) is 11.2 Å². The highest BCUT2D eigenvalue weighted by atomic mass is 16.5. The quantitative estimate of drug-likeness (QED) is 0.789. The number of carbonyl (C=O) groups is 1. The molecule has 0 atom stereocenters. The molecule has 1 aromatic heterocycles. The molecule has 0 aliphatic heterocycles. The molecule has 0 saturated carbocycles. The monoisotopic (exact) mass is 212 g/mol. The maximum absolute atomic E-state index is 11.3. The first-order valence-corrected chi connectivity index (χ1v) is 4.60. The molecule has 0 spiro atoms. The molecule has 0 radical (unpaired) electrons. The Morgan fingerprint density at radius 3 is 2.93 bits per heavy atom. The van der Waals surface area contributed by atoms with Crippen LogP contribution in [0.5, 0.6) is 5.75 Å². The van der Waals surface area contributed by atoms with E-state index in [0.717, 1.165) is 0 Å². The van der Waals surface area contributed by atoms with Gasteiger partial charge < -0.3 is 14.3 Å². The largest absolute Gasteiger partial charge is 0.486 e. The van der Waals surface area contributed by atoms with Gasteiger partial charge in [-0.1, -0.05) is 6.92 Å². The van der Waals surface area contributed by atoms with Gasteiger partial charge in [-0.05, 0) is 0 Å². The maximum Gasteiger partial charge on any atom is 0.306 e. The molecule has 1 aromatic rings. The minimum Gasteiger partial charge on any atom is -0.486 e. The predicted molar refractivity (Wildman–Crippen MR) is 52.1 cm³/mol. The SMILES string of the molecule is CCc1occc(=O)c1OCCC(=O)O. The minimum atomic E-state index is -0.964. The first-order valence-electron chi connectivity index (χ1n) is 4.60. The fraction of sp³-hybridized carbons (Fsp3) is 0.400. The Morgan fingerprint density at radius 2 is 2.33 bits per heavy atom. The topological polar surface area (TPSA) is 76.7 Å². The van der Waals surface area contributed by atoms with Crippen molar-refractivity contribution >= 4 is 5.97 Å². The van der Waals surface area contributed by atoms with Crippen molar-refractivity contribution in [2.75, 3.05) is 6.61 Å². The van der Waals surface area contributed by atoms with E-state index in [-0.39, 0.29) is 24.2 Å². The molecule has 0 bridgehead atoms. The molecular formula is C10H12O5. The Kier molecular flexibility index (Phi) is 3.91. The number of carboxylic acid groups (broad SMARTS) is 1. The summed E-state index contributed by atoms with van der Waals surface area (Å²) >= 11 is 0. The van der Waals surface area contributed by atoms with E-state index < -0.39 is 5.97 Å². The average Bonchev–Trinajstić information content (AvgIpc) is 2.20. The molecule has 82 valence electrons. The molecule has 0 aliphatic rings. The molecule has 0 unspecified atom stereocenters. The van der Waals surface area contributed by atoms with Gasteiger partial charge in [0.25, 0.3) is 0 Å². The van der Waals surface area contributed by atoms with Gasteiger partial charge in [-0.25, -0.2) is 0 Å². The van der Waals surface area contributed by atoms with Crippen molar-refractivity contribution < 1.29 is 19.1 Å². The number of aryl methyl sites for hydroxylation is 1. The third-order valence-electron chi connectivity index (χ3n) is 1.79. The Hall–Kier alpha value is -1.78. The van der Waals surface area contributed by atoms with Crippen LogP contribution in [0.1, 0.15) is 19.1 Å². The van der Waals surface area contributed by atoms with E-state index in [4.69, 9.17) is 14.3 Å². The summed E-state index contributed by atoms with van der Waals surface area (Å²) in [5.41, 5.74) is -0.288. The van der Waals surface area contributed by atoms with Gasteiger partial charge in [0, 0.05) is 12.5 Å². The minimum absolute atomic E-state index is 0.0306. The molecule has 0 aliphatic carbocycles. The highest BCUT2D eigenvalue weighted by Gasteiger charge is 2.09. The summed E-state index contributed by atoms with van der Waals surface area (Å²) in [5, 5.41) is 8.41. The molecule has 5 heteroatoms. The van der Waals surface area contributed by atoms with E-state index in [9.17, 15) is 9.59 Å². The average molecular weight is 212 g/mol. The third kappa shape index (κ3) is 3.12. The lowest BCUT2D eigenvalue weighted by molar-refractivity contribution is -0.137. The lowest BCUT2D eigenvalue weighted by atomic mass is 10.3. The summed E-state index contributed by atoms with van der Waals surface area (Å²) in [7, 11) is 0. The van der Waals surface area contributed by atoms with Gasteiger partial charge in [-0.2, -0.15) is 0 Å². The van der Waals surface area contributed by atoms with Gasteiger partial charge >= 0.3 is 5.97 Å². The van der Waals surface area contributed by atoms with Crippen LogP contribution in [0.3, 0.4) is 0 Å². The van der Waals surface area contributed by atoms with E-state index >= 15 is 0 Å². The van der Waals surface area contributed by atoms with Crippen LogP contribution in [-0.4, -0.2) is 17.7 Å². The van der Waals surface area contributed by atoms with Crippen LogP contribution < -0.4 is 10.2 Å². The smallest absolute Gasteiger partial charge is 0.306 e. The predicted octanol–water partition coefficient (Wildman–Crippen LogP) is 1.06. The van der Waals surface area contributed by atoms with Crippen molar-refractivity contribution in [2.45, 2.75) is 19.8 Å². The number of rotatable bonds is 5. The first-order chi connectivity index (χ1) is 7.15. The molecular weight excluding hydrogens is 200 g/mol. The summed E-state index contributed by atoms with van der Waals surface area (Å²) in [6.07, 6.45) is 1.68. The maximum atomic E-state index is 11.3. The standard InChI is InChI=1S/C10H12O5/c1-2-8-10(7(11)3-5-14-8)15-6-4-9(12)13/h3,5H,2,4,6H2,1H3,(H,12,13). The van der Waals surface area contributed by atoms with Crippen LogP contribution in [-0.2, 0) is 11.2 Å². The zero-order valence-corrected chi connectivity index (χ0v) is 8.36. The van der Waals surface area contributed by atoms with E-state index in [0.29, 0.717) is 12.2 Å². The van der Waals surface area contributed by atoms with Crippen molar-refractivity contribution in [3.63, 3.8) is 0 Å². The third-order valence-corrected chi connectivity index (χ3v) is 1.79. The van der Waals surface area contributed by atoms with Crippen LogP contribution in [0.2, 0.25) is 0 Å². The van der Waals surface area contributed by atoms with Gasteiger partial charge in [-0.3, -0.25) is 9.59 Å². The van der Waals surface area contributed by atoms with Crippen LogP contribution in [0.25, 0.3) is 0 Å². The fourth-order valence-electron chi connectivity index (χ4n) is 1.08. The number of hydrogen-bond donors (Lipinski definition) is 1. The van der Waals surface area contributed by atoms with Gasteiger partial charge in [0.15, 0.2) is 0 Å². The van der Waals surface area contributed by atoms with Crippen molar-refractivity contribution in [1.29, 1.82) is 0 Å². The second-order valence-electron chi connectivity index (χ2n) is 2.88. The zero-order chi connectivity index (χ0) is 11.3. The van der Waals surface area contributed by atoms with E-state index in [2.05, 4.69) is 0 Å². The molecule has 0 aromatic carbocycles. The Balaban J connectivity index is 2.74. The summed E-state index contributed by atoms with van der Waals surface area (Å²) in [6.45, 7) is 1.79. The van der Waals surface area contributed by atoms with Crippen molar-refractivity contribution in [3.8, 4) is 5.75 Å². The van der Waals surface area contributed by atoms with E-state index in [1.165, 1.54) is 12.3 Å². The summed E-state index contributed by atoms with van der Waals surface area (Å²) in [6, 6.07) is 1.25. The molecule has 1 heterocycles. The number of ether oxygens (including phenoxy) is 1. The van der Waals surface area contributed by atoms with E-state index in [1.54, 1.807) is 0 Å². The molecule has 1 rings (SSSR count). The second kappa shape index (κ2) is 5.19. The summed E-state index contributed by atoms with van der Waals surface area (Å²) in [5.74, 6) is -0.414. The molecule has 0 saturated heterocycles. The van der Waals surface area contributed by atoms with E-state index in [1.807, 2.05) is 6.92 Å². The molecule has 1 N–H and O–H groups in total. The summed E-state index contributed by atoms with van der Waals surface area (Å²) < 4.78 is 10.2. The van der Waals surface area contributed by atoms with Crippen molar-refractivity contribution in [2.24, 2.45) is 0 Å². The summed E-state index contributed by atoms with van der Waals surface area (Å²) in [4.78, 5) is 21.6. The van der Waals surface area contributed by atoms with Crippen molar-refractivity contribution in [3.05, 3.63) is 28.3 Å².